The number of alkyl halides is 3. The quantitative estimate of drug-likeness (QED) is 0.747. The normalized spacial score (nSPS) is 16.5. The highest BCUT2D eigenvalue weighted by Crippen LogP contribution is 2.40. The molecule has 10 heteroatoms. The van der Waals surface area contributed by atoms with E-state index in [1.165, 1.54) is 12.1 Å². The highest BCUT2D eigenvalue weighted by molar-refractivity contribution is 8.01. The highest BCUT2D eigenvalue weighted by Gasteiger charge is 2.34. The third-order valence-electron chi connectivity index (χ3n) is 3.70. The second-order valence-corrected chi connectivity index (χ2v) is 6.93. The maximum absolute atomic E-state index is 13.2. The van der Waals surface area contributed by atoms with E-state index in [1.54, 1.807) is 0 Å². The SMILES string of the molecule is O=C(CC1Sc2ccc(C(F)(F)F)cc2NC1=O)Nc1ccc(F)c(F)c1. The van der Waals surface area contributed by atoms with Gasteiger partial charge in [-0.1, -0.05) is 0 Å². The van der Waals surface area contributed by atoms with Crippen LogP contribution in [0.4, 0.5) is 33.3 Å². The molecule has 0 aromatic heterocycles. The Morgan fingerprint density at radius 3 is 2.52 bits per heavy atom. The Labute approximate surface area is 154 Å². The van der Waals surface area contributed by atoms with Crippen molar-refractivity contribution in [2.24, 2.45) is 0 Å². The van der Waals surface area contributed by atoms with Gasteiger partial charge in [0.25, 0.3) is 0 Å². The fourth-order valence-corrected chi connectivity index (χ4v) is 3.51. The van der Waals surface area contributed by atoms with Gasteiger partial charge in [-0.05, 0) is 30.3 Å². The lowest BCUT2D eigenvalue weighted by Crippen LogP contribution is -2.32. The van der Waals surface area contributed by atoms with E-state index in [2.05, 4.69) is 10.6 Å². The standard InChI is InChI=1S/C17H11F5N2O2S/c18-10-3-2-9(6-11(10)19)23-15(25)7-14-16(26)24-12-5-8(17(20,21)22)1-4-13(12)27-14/h1-6,14H,7H2,(H,23,25)(H,24,26). The molecule has 2 aromatic rings. The summed E-state index contributed by atoms with van der Waals surface area (Å²) in [7, 11) is 0. The second kappa shape index (κ2) is 7.18. The lowest BCUT2D eigenvalue weighted by molar-refractivity contribution is -0.137. The molecule has 0 spiro atoms. The molecule has 1 unspecified atom stereocenters. The zero-order chi connectivity index (χ0) is 19.8. The number of thioether (sulfide) groups is 1. The van der Waals surface area contributed by atoms with Crippen LogP contribution in [0.2, 0.25) is 0 Å². The van der Waals surface area contributed by atoms with Crippen LogP contribution in [-0.4, -0.2) is 17.1 Å². The van der Waals surface area contributed by atoms with E-state index in [-0.39, 0.29) is 17.8 Å². The van der Waals surface area contributed by atoms with Crippen molar-refractivity contribution in [2.75, 3.05) is 10.6 Å². The van der Waals surface area contributed by atoms with Crippen molar-refractivity contribution in [3.05, 3.63) is 53.6 Å². The summed E-state index contributed by atoms with van der Waals surface area (Å²) in [5.41, 5.74) is -0.843. The number of anilines is 2. The molecule has 0 fully saturated rings. The van der Waals surface area contributed by atoms with E-state index in [4.69, 9.17) is 0 Å². The molecule has 0 bridgehead atoms. The van der Waals surface area contributed by atoms with Gasteiger partial charge >= 0.3 is 6.18 Å². The first-order valence-corrected chi connectivity index (χ1v) is 8.45. The fourth-order valence-electron chi connectivity index (χ4n) is 2.42. The van der Waals surface area contributed by atoms with E-state index < -0.39 is 40.4 Å². The van der Waals surface area contributed by atoms with Gasteiger partial charge in [0.05, 0.1) is 16.5 Å². The average Bonchev–Trinajstić information content (AvgIpc) is 2.57. The number of fused-ring (bicyclic) bond motifs is 1. The first kappa shape index (κ1) is 19.2. The van der Waals surface area contributed by atoms with Crippen LogP contribution >= 0.6 is 11.8 Å². The van der Waals surface area contributed by atoms with Crippen LogP contribution in [0.3, 0.4) is 0 Å². The van der Waals surface area contributed by atoms with Gasteiger partial charge in [0.15, 0.2) is 11.6 Å². The van der Waals surface area contributed by atoms with E-state index in [9.17, 15) is 31.5 Å². The zero-order valence-corrected chi connectivity index (χ0v) is 14.2. The second-order valence-electron chi connectivity index (χ2n) is 5.69. The van der Waals surface area contributed by atoms with Gasteiger partial charge in [0, 0.05) is 23.1 Å². The summed E-state index contributed by atoms with van der Waals surface area (Å²) in [6, 6.07) is 5.76. The molecule has 0 aliphatic carbocycles. The molecule has 27 heavy (non-hydrogen) atoms. The molecule has 2 aromatic carbocycles. The van der Waals surface area contributed by atoms with E-state index in [0.29, 0.717) is 4.90 Å². The molecule has 1 aliphatic heterocycles. The van der Waals surface area contributed by atoms with Gasteiger partial charge in [0.1, 0.15) is 0 Å². The first-order valence-electron chi connectivity index (χ1n) is 7.57. The lowest BCUT2D eigenvalue weighted by atomic mass is 10.1. The van der Waals surface area contributed by atoms with Crippen molar-refractivity contribution < 1.29 is 31.5 Å². The predicted octanol–water partition coefficient (Wildman–Crippen LogP) is 4.43. The third kappa shape index (κ3) is 4.38. The number of benzene rings is 2. The summed E-state index contributed by atoms with van der Waals surface area (Å²) >= 11 is 0.955. The summed E-state index contributed by atoms with van der Waals surface area (Å²) in [4.78, 5) is 24.5. The molecular formula is C17H11F5N2O2S. The molecular weight excluding hydrogens is 391 g/mol. The van der Waals surface area contributed by atoms with Gasteiger partial charge in [0.2, 0.25) is 11.8 Å². The van der Waals surface area contributed by atoms with Crippen molar-refractivity contribution in [3.63, 3.8) is 0 Å². The van der Waals surface area contributed by atoms with E-state index >= 15 is 0 Å². The Balaban J connectivity index is 1.69. The van der Waals surface area contributed by atoms with E-state index in [1.807, 2.05) is 0 Å². The number of hydrogen-bond donors (Lipinski definition) is 2. The Kier molecular flexibility index (Phi) is 5.09. The van der Waals surface area contributed by atoms with Crippen LogP contribution in [0.5, 0.6) is 0 Å². The fraction of sp³-hybridized carbons (Fsp3) is 0.176. The van der Waals surface area contributed by atoms with Crippen molar-refractivity contribution in [3.8, 4) is 0 Å². The lowest BCUT2D eigenvalue weighted by Gasteiger charge is -2.24. The topological polar surface area (TPSA) is 58.2 Å². The minimum atomic E-state index is -4.54. The Morgan fingerprint density at radius 2 is 1.85 bits per heavy atom. The Hall–Kier alpha value is -2.62. The molecule has 0 saturated carbocycles. The summed E-state index contributed by atoms with van der Waals surface area (Å²) in [5, 5.41) is 3.83. The number of amides is 2. The summed E-state index contributed by atoms with van der Waals surface area (Å²) in [5.74, 6) is -3.44. The zero-order valence-electron chi connectivity index (χ0n) is 13.4. The van der Waals surface area contributed by atoms with E-state index in [0.717, 1.165) is 36.0 Å². The minimum absolute atomic E-state index is 0.0235. The van der Waals surface area contributed by atoms with Gasteiger partial charge in [-0.3, -0.25) is 9.59 Å². The molecule has 3 rings (SSSR count). The van der Waals surface area contributed by atoms with Crippen molar-refractivity contribution in [2.45, 2.75) is 22.7 Å². The Morgan fingerprint density at radius 1 is 1.11 bits per heavy atom. The molecule has 0 radical (unpaired) electrons. The maximum atomic E-state index is 13.2. The average molecular weight is 402 g/mol. The van der Waals surface area contributed by atoms with Gasteiger partial charge in [-0.25, -0.2) is 8.78 Å². The molecule has 0 saturated heterocycles. The Bertz CT molecular complexity index is 917. The van der Waals surface area contributed by atoms with Crippen LogP contribution in [0.15, 0.2) is 41.3 Å². The largest absolute Gasteiger partial charge is 0.416 e. The number of nitrogens with one attached hydrogen (secondary N) is 2. The minimum Gasteiger partial charge on any atom is -0.326 e. The van der Waals surface area contributed by atoms with Crippen LogP contribution in [-0.2, 0) is 15.8 Å². The molecule has 2 amide bonds. The first-order chi connectivity index (χ1) is 12.6. The van der Waals surface area contributed by atoms with Crippen molar-refractivity contribution in [1.82, 2.24) is 0 Å². The van der Waals surface area contributed by atoms with Crippen molar-refractivity contribution >= 4 is 35.0 Å². The molecule has 2 N–H and O–H groups in total. The third-order valence-corrected chi connectivity index (χ3v) is 4.98. The summed E-state index contributed by atoms with van der Waals surface area (Å²) < 4.78 is 64.3. The highest BCUT2D eigenvalue weighted by atomic mass is 32.2. The number of carbonyl (C=O) groups excluding carboxylic acids is 2. The number of carbonyl (C=O) groups is 2. The van der Waals surface area contributed by atoms with Crippen LogP contribution in [0.1, 0.15) is 12.0 Å². The summed E-state index contributed by atoms with van der Waals surface area (Å²) in [6.45, 7) is 0. The van der Waals surface area contributed by atoms with Crippen LogP contribution in [0, 0.1) is 11.6 Å². The molecule has 142 valence electrons. The van der Waals surface area contributed by atoms with Gasteiger partial charge < -0.3 is 10.6 Å². The van der Waals surface area contributed by atoms with Crippen LogP contribution in [0.25, 0.3) is 0 Å². The van der Waals surface area contributed by atoms with Gasteiger partial charge in [-0.2, -0.15) is 13.2 Å². The number of rotatable bonds is 3. The smallest absolute Gasteiger partial charge is 0.326 e. The van der Waals surface area contributed by atoms with Crippen molar-refractivity contribution in [1.29, 1.82) is 0 Å². The predicted molar refractivity (Wildman–Crippen MR) is 89.3 cm³/mol. The summed E-state index contributed by atoms with van der Waals surface area (Å²) in [6.07, 6.45) is -4.83. The van der Waals surface area contributed by atoms with Gasteiger partial charge in [-0.15, -0.1) is 11.8 Å². The molecule has 1 atom stereocenters. The number of hydrogen-bond acceptors (Lipinski definition) is 3. The monoisotopic (exact) mass is 402 g/mol. The maximum Gasteiger partial charge on any atom is 0.416 e. The molecule has 1 heterocycles. The molecule has 1 aliphatic rings. The molecule has 4 nitrogen and oxygen atoms in total. The van der Waals surface area contributed by atoms with Crippen LogP contribution < -0.4 is 10.6 Å². The number of halogens is 5.